The van der Waals surface area contributed by atoms with E-state index in [1.54, 1.807) is 0 Å². The third kappa shape index (κ3) is 3.15. The Morgan fingerprint density at radius 2 is 2.00 bits per heavy atom. The van der Waals surface area contributed by atoms with Crippen LogP contribution in [0.5, 0.6) is 0 Å². The lowest BCUT2D eigenvalue weighted by molar-refractivity contribution is 0.183. The molecule has 0 saturated heterocycles. The highest BCUT2D eigenvalue weighted by Gasteiger charge is 2.26. The van der Waals surface area contributed by atoms with Gasteiger partial charge in [-0.25, -0.2) is 5.01 Å². The number of hydrogen-bond acceptors (Lipinski definition) is 4. The molecule has 20 heavy (non-hydrogen) atoms. The molecule has 2 aliphatic rings. The molecule has 0 amide bonds. The lowest BCUT2D eigenvalue weighted by Gasteiger charge is -2.27. The van der Waals surface area contributed by atoms with Crippen LogP contribution in [-0.4, -0.2) is 47.8 Å². The first-order valence-electron chi connectivity index (χ1n) is 7.05. The lowest BCUT2D eigenvalue weighted by atomic mass is 10.1. The number of nitrogens with zero attached hydrogens (tertiary/aromatic N) is 2. The van der Waals surface area contributed by atoms with Gasteiger partial charge in [0.05, 0.1) is 6.61 Å². The van der Waals surface area contributed by atoms with Crippen molar-refractivity contribution in [1.29, 1.82) is 0 Å². The number of halogens is 1. The van der Waals surface area contributed by atoms with Gasteiger partial charge in [-0.3, -0.25) is 4.90 Å². The van der Waals surface area contributed by atoms with Crippen LogP contribution in [0.1, 0.15) is 12.0 Å². The van der Waals surface area contributed by atoms with Crippen LogP contribution in [0, 0.1) is 0 Å². The first-order valence-corrected chi connectivity index (χ1v) is 7.42. The second kappa shape index (κ2) is 6.14. The predicted octanol–water partition coefficient (Wildman–Crippen LogP) is 1.61. The summed E-state index contributed by atoms with van der Waals surface area (Å²) < 4.78 is 0. The van der Waals surface area contributed by atoms with Crippen molar-refractivity contribution in [2.75, 3.05) is 32.8 Å². The number of hydrazine groups is 1. The molecule has 0 spiro atoms. The summed E-state index contributed by atoms with van der Waals surface area (Å²) in [7, 11) is 0. The quantitative estimate of drug-likeness (QED) is 0.885. The molecule has 2 heterocycles. The Morgan fingerprint density at radius 1 is 1.20 bits per heavy atom. The van der Waals surface area contributed by atoms with Gasteiger partial charge in [0.1, 0.15) is 0 Å². The summed E-state index contributed by atoms with van der Waals surface area (Å²) in [5.41, 5.74) is 7.51. The summed E-state index contributed by atoms with van der Waals surface area (Å²) >= 11 is 5.92. The minimum absolute atomic E-state index is 0.196. The van der Waals surface area contributed by atoms with Crippen LogP contribution >= 0.6 is 11.6 Å². The minimum Gasteiger partial charge on any atom is -0.395 e. The molecule has 4 nitrogen and oxygen atoms in total. The SMILES string of the molecule is OCCN1CC2=C(CCN(Cc3ccc(Cl)cc3)C2)N1. The van der Waals surface area contributed by atoms with E-state index in [1.165, 1.54) is 16.8 Å². The molecular formula is C15H20ClN3O. The van der Waals surface area contributed by atoms with Gasteiger partial charge in [-0.1, -0.05) is 23.7 Å². The maximum absolute atomic E-state index is 9.01. The van der Waals surface area contributed by atoms with Crippen molar-refractivity contribution < 1.29 is 5.11 Å². The zero-order valence-corrected chi connectivity index (χ0v) is 12.2. The van der Waals surface area contributed by atoms with E-state index in [1.807, 2.05) is 12.1 Å². The van der Waals surface area contributed by atoms with E-state index in [9.17, 15) is 0 Å². The summed E-state index contributed by atoms with van der Waals surface area (Å²) in [6, 6.07) is 8.09. The Bertz CT molecular complexity index is 500. The van der Waals surface area contributed by atoms with Crippen molar-refractivity contribution in [2.24, 2.45) is 0 Å². The highest BCUT2D eigenvalue weighted by atomic mass is 35.5. The number of benzene rings is 1. The number of hydrogen-bond donors (Lipinski definition) is 2. The Kier molecular flexibility index (Phi) is 4.27. The second-order valence-corrected chi connectivity index (χ2v) is 5.86. The summed E-state index contributed by atoms with van der Waals surface area (Å²) in [5, 5.41) is 11.9. The normalized spacial score (nSPS) is 20.1. The molecule has 0 radical (unpaired) electrons. The van der Waals surface area contributed by atoms with E-state index in [4.69, 9.17) is 16.7 Å². The van der Waals surface area contributed by atoms with E-state index in [2.05, 4.69) is 27.5 Å². The van der Waals surface area contributed by atoms with Gasteiger partial charge in [0.15, 0.2) is 0 Å². The average molecular weight is 294 g/mol. The fourth-order valence-corrected chi connectivity index (χ4v) is 3.00. The van der Waals surface area contributed by atoms with Gasteiger partial charge in [0.25, 0.3) is 0 Å². The summed E-state index contributed by atoms with van der Waals surface area (Å²) in [6.45, 7) is 4.85. The smallest absolute Gasteiger partial charge is 0.0577 e. The molecule has 0 unspecified atom stereocenters. The summed E-state index contributed by atoms with van der Waals surface area (Å²) in [4.78, 5) is 2.46. The first-order chi connectivity index (χ1) is 9.74. The van der Waals surface area contributed by atoms with E-state index in [0.29, 0.717) is 6.54 Å². The van der Waals surface area contributed by atoms with Gasteiger partial charge in [-0.15, -0.1) is 0 Å². The van der Waals surface area contributed by atoms with Crippen molar-refractivity contribution >= 4 is 11.6 Å². The lowest BCUT2D eigenvalue weighted by Crippen LogP contribution is -2.34. The van der Waals surface area contributed by atoms with E-state index >= 15 is 0 Å². The van der Waals surface area contributed by atoms with Crippen LogP contribution in [-0.2, 0) is 6.54 Å². The molecule has 0 saturated carbocycles. The van der Waals surface area contributed by atoms with E-state index in [0.717, 1.165) is 37.6 Å². The van der Waals surface area contributed by atoms with Crippen LogP contribution in [0.4, 0.5) is 0 Å². The Balaban J connectivity index is 1.58. The monoisotopic (exact) mass is 293 g/mol. The fraction of sp³-hybridized carbons (Fsp3) is 0.467. The van der Waals surface area contributed by atoms with Crippen molar-refractivity contribution in [3.63, 3.8) is 0 Å². The average Bonchev–Trinajstić information content (AvgIpc) is 2.83. The third-order valence-corrected chi connectivity index (χ3v) is 4.14. The van der Waals surface area contributed by atoms with Gasteiger partial charge < -0.3 is 10.5 Å². The number of nitrogens with one attached hydrogen (secondary N) is 1. The largest absolute Gasteiger partial charge is 0.395 e. The summed E-state index contributed by atoms with van der Waals surface area (Å²) in [5.74, 6) is 0. The molecule has 2 N–H and O–H groups in total. The Morgan fingerprint density at radius 3 is 2.75 bits per heavy atom. The van der Waals surface area contributed by atoms with Crippen molar-refractivity contribution in [3.05, 3.63) is 46.1 Å². The Hall–Kier alpha value is -1.07. The molecule has 108 valence electrons. The van der Waals surface area contributed by atoms with Gasteiger partial charge in [0, 0.05) is 49.9 Å². The number of rotatable bonds is 4. The number of aliphatic hydroxyl groups is 1. The molecule has 1 aromatic rings. The Labute approximate surface area is 124 Å². The molecule has 3 rings (SSSR count). The maximum atomic E-state index is 9.01. The van der Waals surface area contributed by atoms with E-state index in [-0.39, 0.29) is 6.61 Å². The van der Waals surface area contributed by atoms with Gasteiger partial charge in [-0.2, -0.15) is 0 Å². The second-order valence-electron chi connectivity index (χ2n) is 5.43. The van der Waals surface area contributed by atoms with Crippen molar-refractivity contribution in [2.45, 2.75) is 13.0 Å². The highest BCUT2D eigenvalue weighted by Crippen LogP contribution is 2.23. The van der Waals surface area contributed by atoms with Crippen LogP contribution in [0.15, 0.2) is 35.5 Å². The van der Waals surface area contributed by atoms with Crippen molar-refractivity contribution in [3.8, 4) is 0 Å². The third-order valence-electron chi connectivity index (χ3n) is 3.88. The fourth-order valence-electron chi connectivity index (χ4n) is 2.87. The van der Waals surface area contributed by atoms with Crippen LogP contribution in [0.2, 0.25) is 5.02 Å². The van der Waals surface area contributed by atoms with Gasteiger partial charge in [0.2, 0.25) is 0 Å². The van der Waals surface area contributed by atoms with Crippen molar-refractivity contribution in [1.82, 2.24) is 15.3 Å². The zero-order chi connectivity index (χ0) is 13.9. The van der Waals surface area contributed by atoms with E-state index < -0.39 is 0 Å². The van der Waals surface area contributed by atoms with Gasteiger partial charge >= 0.3 is 0 Å². The molecule has 5 heteroatoms. The first kappa shape index (κ1) is 13.9. The predicted molar refractivity (Wildman–Crippen MR) is 80.2 cm³/mol. The number of β-amino-alcohol motifs (C(OH)–C–C–N with tert-alkyl or cyclic N) is 1. The molecule has 0 aromatic heterocycles. The van der Waals surface area contributed by atoms with Crippen LogP contribution in [0.25, 0.3) is 0 Å². The molecule has 0 aliphatic carbocycles. The number of aliphatic hydroxyl groups excluding tert-OH is 1. The molecule has 0 fully saturated rings. The zero-order valence-electron chi connectivity index (χ0n) is 11.5. The topological polar surface area (TPSA) is 38.7 Å². The molecule has 2 aliphatic heterocycles. The van der Waals surface area contributed by atoms with Crippen LogP contribution < -0.4 is 5.43 Å². The standard InChI is InChI=1S/C15H20ClN3O/c16-14-3-1-12(2-4-14)9-18-6-5-15-13(10-18)11-19(17-15)7-8-20/h1-4,17,20H,5-11H2. The minimum atomic E-state index is 0.196. The summed E-state index contributed by atoms with van der Waals surface area (Å²) in [6.07, 6.45) is 1.06. The van der Waals surface area contributed by atoms with Gasteiger partial charge in [-0.05, 0) is 23.3 Å². The highest BCUT2D eigenvalue weighted by molar-refractivity contribution is 6.30. The molecular weight excluding hydrogens is 274 g/mol. The van der Waals surface area contributed by atoms with Crippen LogP contribution in [0.3, 0.4) is 0 Å². The molecule has 1 aromatic carbocycles. The molecule has 0 bridgehead atoms. The maximum Gasteiger partial charge on any atom is 0.0577 e. The molecule has 0 atom stereocenters.